The number of β-amino-alcohol motifs (C(OH)–C–C–N with tert-alkyl or cyclic N) is 1. The Morgan fingerprint density at radius 1 is 0.800 bits per heavy atom. The van der Waals surface area contributed by atoms with Gasteiger partial charge in [-0.3, -0.25) is 14.7 Å². The van der Waals surface area contributed by atoms with E-state index in [-0.39, 0.29) is 18.3 Å². The minimum absolute atomic E-state index is 0.275. The van der Waals surface area contributed by atoms with Crippen LogP contribution in [0.2, 0.25) is 0 Å². The zero-order valence-electron chi connectivity index (χ0n) is 13.1. The molecule has 0 aromatic rings. The van der Waals surface area contributed by atoms with E-state index in [0.717, 1.165) is 39.4 Å². The van der Waals surface area contributed by atoms with Crippen LogP contribution < -0.4 is 0 Å². The highest BCUT2D eigenvalue weighted by Crippen LogP contribution is 2.05. The van der Waals surface area contributed by atoms with Gasteiger partial charge in [0.05, 0.1) is 25.0 Å². The summed E-state index contributed by atoms with van der Waals surface area (Å²) in [6.45, 7) is 11.9. The van der Waals surface area contributed by atoms with Crippen molar-refractivity contribution in [2.75, 3.05) is 52.5 Å². The lowest BCUT2D eigenvalue weighted by atomic mass is 10.2. The summed E-state index contributed by atoms with van der Waals surface area (Å²) in [7, 11) is 0. The molecule has 0 aliphatic carbocycles. The maximum Gasteiger partial charge on any atom is 0.0639 e. The van der Waals surface area contributed by atoms with Gasteiger partial charge in [0.25, 0.3) is 0 Å². The van der Waals surface area contributed by atoms with E-state index in [9.17, 15) is 15.3 Å². The smallest absolute Gasteiger partial charge is 0.0639 e. The molecule has 1 aliphatic rings. The van der Waals surface area contributed by atoms with Gasteiger partial charge in [0.2, 0.25) is 0 Å². The molecule has 1 rings (SSSR count). The standard InChI is InChI=1S/C14H31N3O3/c1-12(18)8-15-4-6-16(7-5-15)11-17(9-13(2)19)10-14(3)20/h12-14,18-20H,4-11H2,1-3H3/t12-,13-,14+/m0/s1. The van der Waals surface area contributed by atoms with E-state index in [0.29, 0.717) is 13.1 Å². The molecule has 0 bridgehead atoms. The minimum atomic E-state index is -0.384. The van der Waals surface area contributed by atoms with Crippen molar-refractivity contribution in [2.24, 2.45) is 0 Å². The Labute approximate surface area is 122 Å². The van der Waals surface area contributed by atoms with E-state index < -0.39 is 0 Å². The molecule has 0 radical (unpaired) electrons. The molecule has 0 spiro atoms. The highest BCUT2D eigenvalue weighted by atomic mass is 16.3. The first-order valence-corrected chi connectivity index (χ1v) is 7.58. The Morgan fingerprint density at radius 3 is 1.65 bits per heavy atom. The van der Waals surface area contributed by atoms with Crippen molar-refractivity contribution >= 4 is 0 Å². The summed E-state index contributed by atoms with van der Waals surface area (Å²) < 4.78 is 0. The highest BCUT2D eigenvalue weighted by Gasteiger charge is 2.20. The Morgan fingerprint density at radius 2 is 1.25 bits per heavy atom. The third-order valence-corrected chi connectivity index (χ3v) is 3.43. The summed E-state index contributed by atoms with van der Waals surface area (Å²) in [4.78, 5) is 6.71. The summed E-state index contributed by atoms with van der Waals surface area (Å²) >= 11 is 0. The zero-order chi connectivity index (χ0) is 15.1. The van der Waals surface area contributed by atoms with E-state index in [1.54, 1.807) is 13.8 Å². The molecule has 0 saturated carbocycles. The van der Waals surface area contributed by atoms with Gasteiger partial charge in [-0.15, -0.1) is 0 Å². The van der Waals surface area contributed by atoms with Crippen LogP contribution >= 0.6 is 0 Å². The van der Waals surface area contributed by atoms with Crippen LogP contribution in [-0.4, -0.2) is 101 Å². The van der Waals surface area contributed by atoms with Crippen LogP contribution in [-0.2, 0) is 0 Å². The third-order valence-electron chi connectivity index (χ3n) is 3.43. The van der Waals surface area contributed by atoms with E-state index in [4.69, 9.17) is 0 Å². The van der Waals surface area contributed by atoms with Gasteiger partial charge in [0.15, 0.2) is 0 Å². The maximum absolute atomic E-state index is 9.53. The van der Waals surface area contributed by atoms with Gasteiger partial charge in [-0.2, -0.15) is 0 Å². The molecule has 1 aliphatic heterocycles. The molecule has 0 aromatic heterocycles. The van der Waals surface area contributed by atoms with Crippen LogP contribution in [0.3, 0.4) is 0 Å². The second-order valence-electron chi connectivity index (χ2n) is 6.14. The van der Waals surface area contributed by atoms with E-state index in [1.165, 1.54) is 0 Å². The quantitative estimate of drug-likeness (QED) is 0.533. The molecule has 3 atom stereocenters. The lowest BCUT2D eigenvalue weighted by molar-refractivity contribution is 0.0187. The number of aliphatic hydroxyl groups excluding tert-OH is 3. The molecule has 0 amide bonds. The summed E-state index contributed by atoms with van der Waals surface area (Å²) in [5.74, 6) is 0. The molecule has 1 saturated heterocycles. The first-order chi connectivity index (χ1) is 9.36. The van der Waals surface area contributed by atoms with E-state index >= 15 is 0 Å². The number of nitrogens with zero attached hydrogens (tertiary/aromatic N) is 3. The van der Waals surface area contributed by atoms with Crippen LogP contribution in [0.5, 0.6) is 0 Å². The Hall–Kier alpha value is -0.240. The Balaban J connectivity index is 2.34. The normalized spacial score (nSPS) is 22.9. The van der Waals surface area contributed by atoms with Gasteiger partial charge in [0.1, 0.15) is 0 Å². The second-order valence-corrected chi connectivity index (χ2v) is 6.14. The first-order valence-electron chi connectivity index (χ1n) is 7.58. The molecule has 0 aromatic carbocycles. The van der Waals surface area contributed by atoms with Crippen LogP contribution in [0.25, 0.3) is 0 Å². The fourth-order valence-electron chi connectivity index (χ4n) is 2.71. The zero-order valence-corrected chi connectivity index (χ0v) is 13.1. The first kappa shape index (κ1) is 17.8. The fraction of sp³-hybridized carbons (Fsp3) is 1.00. The molecule has 6 nitrogen and oxygen atoms in total. The molecule has 1 fully saturated rings. The molecular formula is C14H31N3O3. The fourth-order valence-corrected chi connectivity index (χ4v) is 2.71. The lowest BCUT2D eigenvalue weighted by Gasteiger charge is -2.38. The van der Waals surface area contributed by atoms with Gasteiger partial charge in [-0.05, 0) is 20.8 Å². The van der Waals surface area contributed by atoms with Gasteiger partial charge >= 0.3 is 0 Å². The van der Waals surface area contributed by atoms with E-state index in [2.05, 4.69) is 14.7 Å². The van der Waals surface area contributed by atoms with E-state index in [1.807, 2.05) is 6.92 Å². The van der Waals surface area contributed by atoms with Crippen LogP contribution in [0, 0.1) is 0 Å². The number of rotatable bonds is 8. The minimum Gasteiger partial charge on any atom is -0.392 e. The van der Waals surface area contributed by atoms with Crippen LogP contribution in [0.15, 0.2) is 0 Å². The number of aliphatic hydroxyl groups is 3. The van der Waals surface area contributed by atoms with Gasteiger partial charge in [-0.25, -0.2) is 0 Å². The van der Waals surface area contributed by atoms with Gasteiger partial charge in [0, 0.05) is 45.8 Å². The summed E-state index contributed by atoms with van der Waals surface area (Å²) in [6.07, 6.45) is -1.04. The monoisotopic (exact) mass is 289 g/mol. The van der Waals surface area contributed by atoms with Crippen molar-refractivity contribution in [3.63, 3.8) is 0 Å². The molecule has 0 unspecified atom stereocenters. The van der Waals surface area contributed by atoms with Crippen LogP contribution in [0.1, 0.15) is 20.8 Å². The summed E-state index contributed by atoms with van der Waals surface area (Å²) in [6, 6.07) is 0. The van der Waals surface area contributed by atoms with Crippen LogP contribution in [0.4, 0.5) is 0 Å². The Kier molecular flexibility index (Phi) is 7.94. The largest absolute Gasteiger partial charge is 0.392 e. The van der Waals surface area contributed by atoms with Crippen molar-refractivity contribution in [1.82, 2.24) is 14.7 Å². The third kappa shape index (κ3) is 7.52. The molecule has 6 heteroatoms. The number of hydrogen-bond donors (Lipinski definition) is 3. The van der Waals surface area contributed by atoms with Crippen molar-refractivity contribution in [2.45, 2.75) is 39.1 Å². The Bertz CT molecular complexity index is 244. The van der Waals surface area contributed by atoms with Crippen molar-refractivity contribution in [1.29, 1.82) is 0 Å². The molecule has 3 N–H and O–H groups in total. The average molecular weight is 289 g/mol. The predicted molar refractivity (Wildman–Crippen MR) is 79.5 cm³/mol. The molecule has 1 heterocycles. The van der Waals surface area contributed by atoms with Gasteiger partial charge in [-0.1, -0.05) is 0 Å². The van der Waals surface area contributed by atoms with Gasteiger partial charge < -0.3 is 15.3 Å². The topological polar surface area (TPSA) is 70.4 Å². The molecule has 120 valence electrons. The number of piperazine rings is 1. The average Bonchev–Trinajstić information content (AvgIpc) is 2.29. The van der Waals surface area contributed by atoms with Crippen molar-refractivity contribution in [3.05, 3.63) is 0 Å². The maximum atomic E-state index is 9.53. The highest BCUT2D eigenvalue weighted by molar-refractivity contribution is 4.74. The molecular weight excluding hydrogens is 258 g/mol. The SMILES string of the molecule is C[C@H](O)CN1CCN(CN(C[C@H](C)O)C[C@@H](C)O)CC1. The predicted octanol–water partition coefficient (Wildman–Crippen LogP) is -0.994. The number of hydrogen-bond acceptors (Lipinski definition) is 6. The lowest BCUT2D eigenvalue weighted by Crippen LogP contribution is -2.52. The van der Waals surface area contributed by atoms with Crippen molar-refractivity contribution < 1.29 is 15.3 Å². The molecule has 20 heavy (non-hydrogen) atoms. The van der Waals surface area contributed by atoms with Crippen molar-refractivity contribution in [3.8, 4) is 0 Å². The second kappa shape index (κ2) is 8.92. The summed E-state index contributed by atoms with van der Waals surface area (Å²) in [5.41, 5.74) is 0. The summed E-state index contributed by atoms with van der Waals surface area (Å²) in [5, 5.41) is 28.5.